The van der Waals surface area contributed by atoms with E-state index in [1.807, 2.05) is 49.6 Å². The number of nitrogens with one attached hydrogen (secondary N) is 1. The Morgan fingerprint density at radius 3 is 2.90 bits per heavy atom. The molecule has 0 spiro atoms. The molecule has 1 N–H and O–H groups in total. The van der Waals surface area contributed by atoms with Crippen molar-refractivity contribution in [2.24, 2.45) is 0 Å². The molecule has 29 heavy (non-hydrogen) atoms. The van der Waals surface area contributed by atoms with Gasteiger partial charge < -0.3 is 19.5 Å². The van der Waals surface area contributed by atoms with Crippen LogP contribution in [0.3, 0.4) is 0 Å². The maximum absolute atomic E-state index is 12.1. The number of aromatic nitrogens is 3. The van der Waals surface area contributed by atoms with Gasteiger partial charge >= 0.3 is 6.09 Å². The van der Waals surface area contributed by atoms with Crippen LogP contribution in [0.15, 0.2) is 30.6 Å². The fraction of sp³-hybridized carbons (Fsp3) is 0.350. The first-order chi connectivity index (χ1) is 13.7. The van der Waals surface area contributed by atoms with Gasteiger partial charge in [-0.25, -0.2) is 14.8 Å². The highest BCUT2D eigenvalue weighted by atomic mass is 127. The van der Waals surface area contributed by atoms with Crippen molar-refractivity contribution in [2.45, 2.75) is 32.4 Å². The van der Waals surface area contributed by atoms with Gasteiger partial charge in [-0.05, 0) is 49.4 Å². The van der Waals surface area contributed by atoms with E-state index >= 15 is 0 Å². The molecule has 0 saturated carbocycles. The van der Waals surface area contributed by atoms with Crippen molar-refractivity contribution in [1.82, 2.24) is 19.7 Å². The number of halogens is 1. The molecule has 0 bridgehead atoms. The minimum atomic E-state index is -0.549. The molecule has 2 aromatic heterocycles. The van der Waals surface area contributed by atoms with E-state index in [1.165, 1.54) is 0 Å². The summed E-state index contributed by atoms with van der Waals surface area (Å²) >= 11 is 2.24. The monoisotopic (exact) mass is 508 g/mol. The van der Waals surface area contributed by atoms with Crippen LogP contribution in [0, 0.1) is 3.70 Å². The van der Waals surface area contributed by atoms with E-state index in [4.69, 9.17) is 14.2 Å². The maximum atomic E-state index is 12.1. The third-order valence-electron chi connectivity index (χ3n) is 4.39. The third-order valence-corrected chi connectivity index (χ3v) is 5.42. The lowest BCUT2D eigenvalue weighted by molar-refractivity contribution is 0.0497. The molecule has 0 radical (unpaired) electrons. The topological polar surface area (TPSA) is 87.0 Å². The number of ether oxygens (including phenoxy) is 3. The number of benzene rings is 1. The summed E-state index contributed by atoms with van der Waals surface area (Å²) in [6.45, 7) is 5.86. The van der Waals surface area contributed by atoms with Gasteiger partial charge in [0, 0.05) is 11.1 Å². The second-order valence-corrected chi connectivity index (χ2v) is 8.70. The van der Waals surface area contributed by atoms with Crippen molar-refractivity contribution in [1.29, 1.82) is 0 Å². The molecule has 152 valence electrons. The number of hydrogen-bond acceptors (Lipinski definition) is 6. The fourth-order valence-electron chi connectivity index (χ4n) is 3.11. The predicted octanol–water partition coefficient (Wildman–Crippen LogP) is 3.97. The second-order valence-electron chi connectivity index (χ2n) is 7.68. The summed E-state index contributed by atoms with van der Waals surface area (Å²) in [5, 5.41) is 2.87. The number of alkyl carbamates (subject to hydrolysis) is 1. The lowest BCUT2D eigenvalue weighted by atomic mass is 10.0. The molecule has 0 fully saturated rings. The second kappa shape index (κ2) is 7.36. The highest BCUT2D eigenvalue weighted by Crippen LogP contribution is 2.37. The summed E-state index contributed by atoms with van der Waals surface area (Å²) in [4.78, 5) is 21.1. The Morgan fingerprint density at radius 2 is 2.17 bits per heavy atom. The van der Waals surface area contributed by atoms with Crippen LogP contribution in [0.4, 0.5) is 4.79 Å². The van der Waals surface area contributed by atoms with Gasteiger partial charge in [-0.1, -0.05) is 12.1 Å². The fourth-order valence-corrected chi connectivity index (χ4v) is 3.89. The van der Waals surface area contributed by atoms with Gasteiger partial charge in [0.25, 0.3) is 0 Å². The van der Waals surface area contributed by atoms with E-state index in [9.17, 15) is 4.79 Å². The minimum Gasteiger partial charge on any atom is -0.494 e. The summed E-state index contributed by atoms with van der Waals surface area (Å²) < 4.78 is 19.2. The summed E-state index contributed by atoms with van der Waals surface area (Å²) in [7, 11) is 1.60. The lowest BCUT2D eigenvalue weighted by Gasteiger charge is -2.21. The molecule has 1 atom stereocenters. The van der Waals surface area contributed by atoms with Crippen molar-refractivity contribution in [2.75, 3.05) is 13.7 Å². The number of fused-ring (bicyclic) bond motifs is 2. The number of imidazole rings is 1. The lowest BCUT2D eigenvalue weighted by Crippen LogP contribution is -2.35. The van der Waals surface area contributed by atoms with Gasteiger partial charge in [-0.15, -0.1) is 0 Å². The van der Waals surface area contributed by atoms with Crippen LogP contribution in [0.25, 0.3) is 17.0 Å². The summed E-state index contributed by atoms with van der Waals surface area (Å²) in [6.07, 6.45) is 3.03. The van der Waals surface area contributed by atoms with Crippen molar-refractivity contribution in [3.8, 4) is 22.8 Å². The molecule has 0 aliphatic carbocycles. The van der Waals surface area contributed by atoms with Crippen molar-refractivity contribution in [3.05, 3.63) is 39.9 Å². The van der Waals surface area contributed by atoms with Gasteiger partial charge in [0.05, 0.1) is 25.5 Å². The van der Waals surface area contributed by atoms with E-state index in [0.717, 1.165) is 26.3 Å². The molecule has 8 nitrogen and oxygen atoms in total. The zero-order valence-electron chi connectivity index (χ0n) is 16.5. The maximum Gasteiger partial charge on any atom is 0.408 e. The molecule has 9 heteroatoms. The molecule has 4 rings (SSSR count). The van der Waals surface area contributed by atoms with E-state index in [1.54, 1.807) is 13.3 Å². The van der Waals surface area contributed by atoms with Gasteiger partial charge in [-0.3, -0.25) is 4.40 Å². The van der Waals surface area contributed by atoms with E-state index in [-0.39, 0.29) is 6.04 Å². The van der Waals surface area contributed by atoms with Crippen LogP contribution in [0.2, 0.25) is 0 Å². The average Bonchev–Trinajstić information content (AvgIpc) is 3.20. The summed E-state index contributed by atoms with van der Waals surface area (Å²) in [5.41, 5.74) is 2.09. The Hall–Kier alpha value is -2.56. The Bertz CT molecular complexity index is 1090. The van der Waals surface area contributed by atoms with Crippen molar-refractivity contribution >= 4 is 34.5 Å². The van der Waals surface area contributed by atoms with Crippen molar-refractivity contribution in [3.63, 3.8) is 0 Å². The predicted molar refractivity (Wildman–Crippen MR) is 115 cm³/mol. The highest BCUT2D eigenvalue weighted by molar-refractivity contribution is 14.1. The number of nitrogens with zero attached hydrogens (tertiary/aromatic N) is 3. The molecule has 1 aliphatic heterocycles. The van der Waals surface area contributed by atoms with E-state index in [0.29, 0.717) is 18.1 Å². The summed E-state index contributed by atoms with van der Waals surface area (Å²) in [5.74, 6) is 1.98. The Balaban J connectivity index is 1.61. The average molecular weight is 508 g/mol. The molecule has 0 saturated heterocycles. The first-order valence-corrected chi connectivity index (χ1v) is 10.2. The number of hydrogen-bond donors (Lipinski definition) is 1. The van der Waals surface area contributed by atoms with Gasteiger partial charge in [-0.2, -0.15) is 0 Å². The molecule has 0 unspecified atom stereocenters. The normalized spacial score (nSPS) is 15.7. The quantitative estimate of drug-likeness (QED) is 0.539. The summed E-state index contributed by atoms with van der Waals surface area (Å²) in [6, 6.07) is 5.61. The van der Waals surface area contributed by atoms with Crippen LogP contribution in [0.5, 0.6) is 11.5 Å². The number of methoxy groups -OCH3 is 1. The van der Waals surface area contributed by atoms with Crippen LogP contribution in [0.1, 0.15) is 32.4 Å². The molecule has 3 aromatic rings. The molecular formula is C20H21IN4O4. The Kier molecular flexibility index (Phi) is 5.01. The van der Waals surface area contributed by atoms with Gasteiger partial charge in [0.2, 0.25) is 5.78 Å². The van der Waals surface area contributed by atoms with Crippen LogP contribution < -0.4 is 14.8 Å². The standard InChI is InChI=1S/C20H21IN4O4/c1-20(2,3)29-19(26)23-14-10-28-15-7-11(5-6-13(14)15)16-17(21)25-9-12(27-4)8-22-18(25)24-16/h5-9,14H,10H2,1-4H3,(H,23,26)/t14-/m0/s1. The van der Waals surface area contributed by atoms with Crippen LogP contribution >= 0.6 is 22.6 Å². The number of amides is 1. The first kappa shape index (κ1) is 19.7. The van der Waals surface area contributed by atoms with E-state index < -0.39 is 11.7 Å². The number of rotatable bonds is 3. The molecule has 1 amide bonds. The SMILES string of the molecule is COc1cnc2nc(-c3ccc4c(c3)OC[C@@H]4NC(=O)OC(C)(C)C)c(I)n2c1. The van der Waals surface area contributed by atoms with Gasteiger partial charge in [0.1, 0.15) is 27.4 Å². The Labute approximate surface area is 181 Å². The zero-order chi connectivity index (χ0) is 20.8. The molecule has 1 aromatic carbocycles. The van der Waals surface area contributed by atoms with E-state index in [2.05, 4.69) is 37.9 Å². The van der Waals surface area contributed by atoms with Crippen LogP contribution in [-0.4, -0.2) is 39.8 Å². The zero-order valence-corrected chi connectivity index (χ0v) is 18.7. The van der Waals surface area contributed by atoms with Gasteiger partial charge in [0.15, 0.2) is 5.75 Å². The highest BCUT2D eigenvalue weighted by Gasteiger charge is 2.28. The Morgan fingerprint density at radius 1 is 1.38 bits per heavy atom. The number of carbonyl (C=O) groups excluding carboxylic acids is 1. The molecule has 3 heterocycles. The third kappa shape index (κ3) is 3.96. The van der Waals surface area contributed by atoms with Crippen molar-refractivity contribution < 1.29 is 19.0 Å². The molecule has 1 aliphatic rings. The molecular weight excluding hydrogens is 487 g/mol. The minimum absolute atomic E-state index is 0.250. The number of carbonyl (C=O) groups is 1. The first-order valence-electron chi connectivity index (χ1n) is 9.09. The largest absolute Gasteiger partial charge is 0.494 e. The van der Waals surface area contributed by atoms with Crippen LogP contribution in [-0.2, 0) is 4.74 Å². The smallest absolute Gasteiger partial charge is 0.408 e.